The molecule has 3 nitrogen and oxygen atoms in total. The first-order chi connectivity index (χ1) is 6.49. The number of carboxylic acid groups (broad SMARTS) is 1. The molecule has 0 amide bonds. The predicted molar refractivity (Wildman–Crippen MR) is 61.9 cm³/mol. The molecule has 0 aromatic carbocycles. The molecule has 0 saturated heterocycles. The van der Waals surface area contributed by atoms with Crippen molar-refractivity contribution in [3.05, 3.63) is 0 Å². The van der Waals surface area contributed by atoms with Crippen LogP contribution in [0.25, 0.3) is 0 Å². The zero-order valence-electron chi connectivity index (χ0n) is 9.49. The van der Waals surface area contributed by atoms with E-state index >= 15 is 0 Å². The Morgan fingerprint density at radius 3 is 2.43 bits per heavy atom. The monoisotopic (exact) mass is 219 g/mol. The van der Waals surface area contributed by atoms with E-state index in [0.717, 1.165) is 12.2 Å². The van der Waals surface area contributed by atoms with Crippen molar-refractivity contribution in [1.82, 2.24) is 4.90 Å². The van der Waals surface area contributed by atoms with Crippen molar-refractivity contribution in [2.45, 2.75) is 38.8 Å². The van der Waals surface area contributed by atoms with E-state index in [1.165, 1.54) is 0 Å². The number of thioether (sulfide) groups is 1. The minimum absolute atomic E-state index is 0.261. The topological polar surface area (TPSA) is 40.5 Å². The Morgan fingerprint density at radius 2 is 2.00 bits per heavy atom. The quantitative estimate of drug-likeness (QED) is 0.710. The van der Waals surface area contributed by atoms with Crippen molar-refractivity contribution in [1.29, 1.82) is 0 Å². The van der Waals surface area contributed by atoms with Gasteiger partial charge in [0.15, 0.2) is 0 Å². The normalized spacial score (nSPS) is 15.5. The van der Waals surface area contributed by atoms with Gasteiger partial charge in [-0.05, 0) is 33.6 Å². The van der Waals surface area contributed by atoms with Gasteiger partial charge in [0.05, 0.1) is 0 Å². The zero-order chi connectivity index (χ0) is 11.1. The zero-order valence-corrected chi connectivity index (χ0v) is 10.3. The van der Waals surface area contributed by atoms with Crippen LogP contribution in [0.5, 0.6) is 0 Å². The molecule has 84 valence electrons. The number of hydrogen-bond acceptors (Lipinski definition) is 3. The molecule has 0 aliphatic carbocycles. The highest BCUT2D eigenvalue weighted by atomic mass is 32.2. The van der Waals surface area contributed by atoms with Gasteiger partial charge in [0, 0.05) is 24.3 Å². The van der Waals surface area contributed by atoms with Gasteiger partial charge in [-0.3, -0.25) is 4.79 Å². The van der Waals surface area contributed by atoms with Crippen molar-refractivity contribution in [3.8, 4) is 0 Å². The van der Waals surface area contributed by atoms with Crippen LogP contribution in [0.1, 0.15) is 26.7 Å². The Hall–Kier alpha value is -0.220. The summed E-state index contributed by atoms with van der Waals surface area (Å²) in [5, 5.41) is 8.56. The van der Waals surface area contributed by atoms with Crippen molar-refractivity contribution < 1.29 is 9.90 Å². The number of carboxylic acids is 1. The molecule has 14 heavy (non-hydrogen) atoms. The molecule has 0 spiro atoms. The molecule has 0 aliphatic heterocycles. The fourth-order valence-corrected chi connectivity index (χ4v) is 2.05. The first-order valence-corrected chi connectivity index (χ1v) is 6.31. The first-order valence-electron chi connectivity index (χ1n) is 4.91. The molecule has 0 aliphatic rings. The van der Waals surface area contributed by atoms with E-state index in [0.29, 0.717) is 12.1 Å². The van der Waals surface area contributed by atoms with Crippen LogP contribution in [0.15, 0.2) is 0 Å². The number of rotatable bonds is 7. The molecule has 0 heterocycles. The summed E-state index contributed by atoms with van der Waals surface area (Å²) in [7, 11) is 2.06. The second kappa shape index (κ2) is 7.12. The summed E-state index contributed by atoms with van der Waals surface area (Å²) in [6, 6.07) is 0.849. The van der Waals surface area contributed by atoms with Crippen molar-refractivity contribution in [3.63, 3.8) is 0 Å². The average molecular weight is 219 g/mol. The van der Waals surface area contributed by atoms with Crippen LogP contribution in [-0.2, 0) is 4.79 Å². The van der Waals surface area contributed by atoms with E-state index in [9.17, 15) is 4.79 Å². The molecular formula is C10H21NO2S. The Balaban J connectivity index is 3.85. The van der Waals surface area contributed by atoms with Crippen LogP contribution in [0, 0.1) is 0 Å². The molecule has 1 N–H and O–H groups in total. The first kappa shape index (κ1) is 13.8. The standard InChI is InChI=1S/C10H21NO2S/c1-8(5-6-10(12)13)11(3)9(2)7-14-4/h8-9H,5-7H2,1-4H3,(H,12,13). The van der Waals surface area contributed by atoms with Crippen LogP contribution in [-0.4, -0.2) is 47.1 Å². The van der Waals surface area contributed by atoms with E-state index in [-0.39, 0.29) is 6.42 Å². The molecule has 0 fully saturated rings. The van der Waals surface area contributed by atoms with Crippen LogP contribution in [0.4, 0.5) is 0 Å². The van der Waals surface area contributed by atoms with Gasteiger partial charge >= 0.3 is 5.97 Å². The molecular weight excluding hydrogens is 198 g/mol. The summed E-state index contributed by atoms with van der Waals surface area (Å²) in [6.45, 7) is 4.26. The van der Waals surface area contributed by atoms with Gasteiger partial charge in [0.1, 0.15) is 0 Å². The highest BCUT2D eigenvalue weighted by Gasteiger charge is 2.15. The van der Waals surface area contributed by atoms with Crippen molar-refractivity contribution >= 4 is 17.7 Å². The van der Waals surface area contributed by atoms with Gasteiger partial charge in [-0.2, -0.15) is 11.8 Å². The maximum atomic E-state index is 10.4. The fourth-order valence-electron chi connectivity index (χ4n) is 1.33. The Bertz CT molecular complexity index is 176. The third-order valence-corrected chi connectivity index (χ3v) is 3.39. The number of hydrogen-bond donors (Lipinski definition) is 1. The van der Waals surface area contributed by atoms with Crippen molar-refractivity contribution in [2.24, 2.45) is 0 Å². The van der Waals surface area contributed by atoms with E-state index in [2.05, 4.69) is 32.1 Å². The third-order valence-electron chi connectivity index (χ3n) is 2.57. The van der Waals surface area contributed by atoms with Crippen LogP contribution < -0.4 is 0 Å². The lowest BCUT2D eigenvalue weighted by Crippen LogP contribution is -2.38. The molecule has 0 aromatic heterocycles. The lowest BCUT2D eigenvalue weighted by atomic mass is 10.1. The Kier molecular flexibility index (Phi) is 7.01. The van der Waals surface area contributed by atoms with Gasteiger partial charge in [-0.1, -0.05) is 0 Å². The highest BCUT2D eigenvalue weighted by Crippen LogP contribution is 2.11. The second-order valence-electron chi connectivity index (χ2n) is 3.75. The summed E-state index contributed by atoms with van der Waals surface area (Å²) < 4.78 is 0. The summed E-state index contributed by atoms with van der Waals surface area (Å²) in [5.74, 6) is 0.385. The molecule has 4 heteroatoms. The van der Waals surface area contributed by atoms with Gasteiger partial charge in [-0.25, -0.2) is 0 Å². The van der Waals surface area contributed by atoms with Crippen LogP contribution in [0.3, 0.4) is 0 Å². The maximum Gasteiger partial charge on any atom is 0.303 e. The SMILES string of the molecule is CSCC(C)N(C)C(C)CCC(=O)O. The van der Waals surface area contributed by atoms with Gasteiger partial charge in [0.2, 0.25) is 0 Å². The second-order valence-corrected chi connectivity index (χ2v) is 4.66. The van der Waals surface area contributed by atoms with Crippen molar-refractivity contribution in [2.75, 3.05) is 19.1 Å². The Labute approximate surface area is 90.9 Å². The number of carbonyl (C=O) groups is 1. The molecule has 2 atom stereocenters. The maximum absolute atomic E-state index is 10.4. The average Bonchev–Trinajstić information content (AvgIpc) is 2.13. The third kappa shape index (κ3) is 5.50. The Morgan fingerprint density at radius 1 is 1.43 bits per heavy atom. The highest BCUT2D eigenvalue weighted by molar-refractivity contribution is 7.98. The van der Waals surface area contributed by atoms with E-state index in [1.54, 1.807) is 0 Å². The van der Waals surface area contributed by atoms with Gasteiger partial charge < -0.3 is 10.0 Å². The summed E-state index contributed by atoms with van der Waals surface area (Å²) >= 11 is 1.82. The molecule has 0 radical (unpaired) electrons. The minimum atomic E-state index is -0.706. The number of aliphatic carboxylic acids is 1. The molecule has 2 unspecified atom stereocenters. The lowest BCUT2D eigenvalue weighted by molar-refractivity contribution is -0.137. The molecule has 0 saturated carbocycles. The summed E-state index contributed by atoms with van der Waals surface area (Å²) in [4.78, 5) is 12.6. The molecule has 0 bridgehead atoms. The minimum Gasteiger partial charge on any atom is -0.481 e. The predicted octanol–water partition coefficient (Wildman–Crippen LogP) is 1.92. The lowest BCUT2D eigenvalue weighted by Gasteiger charge is -2.30. The van der Waals surface area contributed by atoms with E-state index < -0.39 is 5.97 Å². The summed E-state index contributed by atoms with van der Waals surface area (Å²) in [6.07, 6.45) is 3.08. The summed E-state index contributed by atoms with van der Waals surface area (Å²) in [5.41, 5.74) is 0. The smallest absolute Gasteiger partial charge is 0.303 e. The molecule has 0 aromatic rings. The van der Waals surface area contributed by atoms with E-state index in [1.807, 2.05) is 11.8 Å². The van der Waals surface area contributed by atoms with Gasteiger partial charge in [-0.15, -0.1) is 0 Å². The largest absolute Gasteiger partial charge is 0.481 e. The molecule has 0 rings (SSSR count). The van der Waals surface area contributed by atoms with Crippen LogP contribution in [0.2, 0.25) is 0 Å². The van der Waals surface area contributed by atoms with Gasteiger partial charge in [0.25, 0.3) is 0 Å². The van der Waals surface area contributed by atoms with E-state index in [4.69, 9.17) is 5.11 Å². The van der Waals surface area contributed by atoms with Crippen LogP contribution >= 0.6 is 11.8 Å². The number of nitrogens with zero attached hydrogens (tertiary/aromatic N) is 1. The fraction of sp³-hybridized carbons (Fsp3) is 0.900.